The molecule has 0 aromatic heterocycles. The molecule has 1 aliphatic carbocycles. The van der Waals surface area contributed by atoms with E-state index in [1.54, 1.807) is 18.9 Å². The maximum Gasteiger partial charge on any atom is 0.0704 e. The van der Waals surface area contributed by atoms with Crippen molar-refractivity contribution in [3.05, 3.63) is 60.3 Å². The first-order valence-corrected chi connectivity index (χ1v) is 12.5. The predicted octanol–water partition coefficient (Wildman–Crippen LogP) is 5.67. The molecular formula is C24H33N2OS2. The van der Waals surface area contributed by atoms with E-state index in [0.717, 1.165) is 19.6 Å². The lowest BCUT2D eigenvalue weighted by molar-refractivity contribution is 0.117. The number of hydrogen-bond acceptors (Lipinski definition) is 5. The number of nitrogens with zero attached hydrogens (tertiary/aromatic N) is 2. The van der Waals surface area contributed by atoms with Crippen molar-refractivity contribution in [2.24, 2.45) is 11.0 Å². The van der Waals surface area contributed by atoms with Crippen LogP contribution in [-0.2, 0) is 4.74 Å². The van der Waals surface area contributed by atoms with Crippen LogP contribution in [0.25, 0.3) is 0 Å². The maximum atomic E-state index is 5.47. The number of hydrazone groups is 1. The molecule has 1 aromatic carbocycles. The zero-order chi connectivity index (χ0) is 20.8. The van der Waals surface area contributed by atoms with Gasteiger partial charge in [-0.2, -0.15) is 16.9 Å². The highest BCUT2D eigenvalue weighted by atomic mass is 32.2. The molecule has 2 fully saturated rings. The average molecular weight is 430 g/mol. The van der Waals surface area contributed by atoms with Gasteiger partial charge in [-0.05, 0) is 63.3 Å². The minimum absolute atomic E-state index is 0.287. The first-order chi connectivity index (χ1) is 14.0. The van der Waals surface area contributed by atoms with Crippen molar-refractivity contribution < 1.29 is 4.74 Å². The Kier molecular flexibility index (Phi) is 8.82. The molecule has 1 aliphatic heterocycles. The van der Waals surface area contributed by atoms with Gasteiger partial charge in [-0.15, -0.1) is 11.8 Å². The van der Waals surface area contributed by atoms with Crippen molar-refractivity contribution in [3.63, 3.8) is 0 Å². The smallest absolute Gasteiger partial charge is 0.0704 e. The summed E-state index contributed by atoms with van der Waals surface area (Å²) in [5.74, 6) is 1.74. The molecule has 1 saturated carbocycles. The number of hydrogen-bond donors (Lipinski definition) is 0. The van der Waals surface area contributed by atoms with Gasteiger partial charge in [0.05, 0.1) is 23.6 Å². The first-order valence-electron chi connectivity index (χ1n) is 10.4. The van der Waals surface area contributed by atoms with Crippen LogP contribution in [-0.4, -0.2) is 48.5 Å². The van der Waals surface area contributed by atoms with Crippen LogP contribution >= 0.6 is 23.5 Å². The Morgan fingerprint density at radius 3 is 2.66 bits per heavy atom. The molecule has 29 heavy (non-hydrogen) atoms. The van der Waals surface area contributed by atoms with Crippen molar-refractivity contribution in [1.82, 2.24) is 5.01 Å². The summed E-state index contributed by atoms with van der Waals surface area (Å²) in [6.45, 7) is 8.50. The van der Waals surface area contributed by atoms with Crippen LogP contribution in [0.3, 0.4) is 0 Å². The third-order valence-electron chi connectivity index (χ3n) is 5.37. The molecule has 157 valence electrons. The average Bonchev–Trinajstić information content (AvgIpc) is 3.35. The molecule has 3 rings (SSSR count). The molecular weight excluding hydrogens is 396 g/mol. The van der Waals surface area contributed by atoms with Crippen molar-refractivity contribution >= 4 is 29.2 Å². The lowest BCUT2D eigenvalue weighted by Gasteiger charge is -2.31. The van der Waals surface area contributed by atoms with Crippen LogP contribution in [0.4, 0.5) is 0 Å². The van der Waals surface area contributed by atoms with Crippen LogP contribution in [0.1, 0.15) is 32.3 Å². The summed E-state index contributed by atoms with van der Waals surface area (Å²) in [4.78, 5) is 1.30. The second kappa shape index (κ2) is 11.1. The summed E-state index contributed by atoms with van der Waals surface area (Å²) in [7, 11) is 1.79. The van der Waals surface area contributed by atoms with Crippen LogP contribution in [0.2, 0.25) is 0 Å². The predicted molar refractivity (Wildman–Crippen MR) is 128 cm³/mol. The minimum atomic E-state index is 0.287. The quantitative estimate of drug-likeness (QED) is 0.373. The van der Waals surface area contributed by atoms with Crippen molar-refractivity contribution in [2.75, 3.05) is 26.5 Å². The third kappa shape index (κ3) is 5.95. The maximum absolute atomic E-state index is 5.47. The van der Waals surface area contributed by atoms with Gasteiger partial charge in [0.15, 0.2) is 0 Å². The second-order valence-electron chi connectivity index (χ2n) is 8.00. The molecule has 3 nitrogen and oxygen atoms in total. The normalized spacial score (nSPS) is 22.8. The largest absolute Gasteiger partial charge is 0.382 e. The van der Waals surface area contributed by atoms with E-state index in [2.05, 4.69) is 75.6 Å². The topological polar surface area (TPSA) is 24.8 Å². The number of ether oxygens (including phenoxy) is 1. The van der Waals surface area contributed by atoms with E-state index in [-0.39, 0.29) is 5.25 Å². The molecule has 1 heterocycles. The Labute approximate surface area is 186 Å². The summed E-state index contributed by atoms with van der Waals surface area (Å²) < 4.78 is 5.47. The molecule has 0 bridgehead atoms. The zero-order valence-corrected chi connectivity index (χ0v) is 19.9. The third-order valence-corrected chi connectivity index (χ3v) is 7.73. The van der Waals surface area contributed by atoms with Crippen molar-refractivity contribution in [3.8, 4) is 0 Å². The van der Waals surface area contributed by atoms with Gasteiger partial charge in [0.1, 0.15) is 0 Å². The highest BCUT2D eigenvalue weighted by Crippen LogP contribution is 2.45. The molecule has 5 heteroatoms. The molecule has 2 atom stereocenters. The van der Waals surface area contributed by atoms with Gasteiger partial charge in [-0.25, -0.2) is 0 Å². The van der Waals surface area contributed by atoms with Crippen molar-refractivity contribution in [1.29, 1.82) is 0 Å². The molecule has 1 saturated heterocycles. The van der Waals surface area contributed by atoms with Crippen LogP contribution < -0.4 is 0 Å². The fourth-order valence-electron chi connectivity index (χ4n) is 3.78. The van der Waals surface area contributed by atoms with E-state index < -0.39 is 0 Å². The Bertz CT molecular complexity index is 661. The number of methoxy groups -OCH3 is 1. The van der Waals surface area contributed by atoms with Gasteiger partial charge in [-0.1, -0.05) is 31.5 Å². The summed E-state index contributed by atoms with van der Waals surface area (Å²) in [5.41, 5.74) is 2.49. The van der Waals surface area contributed by atoms with E-state index in [0.29, 0.717) is 12.0 Å². The number of benzene rings is 1. The van der Waals surface area contributed by atoms with E-state index in [1.165, 1.54) is 33.8 Å². The monoisotopic (exact) mass is 429 g/mol. The number of thioether (sulfide) groups is 2. The Morgan fingerprint density at radius 2 is 2.00 bits per heavy atom. The van der Waals surface area contributed by atoms with Crippen LogP contribution in [0, 0.1) is 43.3 Å². The number of aryl methyl sites for hydroxylation is 1. The standard InChI is InChI=1S/C24H33N2OS2/c1-17(2)24(29-20-13-11-18(3)12-14-20)23(21-9-6-10-22(21)28-5)25-26-15-7-8-19(26)16-27-4/h6,9-14,17,19,24H,7-8,15-16H2,1-5H3/b25-23+/t19-,24+/m0/s1. The van der Waals surface area contributed by atoms with E-state index in [4.69, 9.17) is 9.84 Å². The number of rotatable bonds is 9. The van der Waals surface area contributed by atoms with E-state index in [9.17, 15) is 0 Å². The molecule has 5 radical (unpaired) electrons. The van der Waals surface area contributed by atoms with Gasteiger partial charge < -0.3 is 4.74 Å². The van der Waals surface area contributed by atoms with Gasteiger partial charge in [0, 0.05) is 29.7 Å². The Hall–Kier alpha value is -0.650. The SMILES string of the molecule is COC[C@@H]1CCCN1/N=C(\[C]1[CH][CH][CH][C]1SC)[C@H](Sc1ccc(C)cc1)C(C)C. The molecule has 0 spiro atoms. The molecule has 0 unspecified atom stereocenters. The van der Waals surface area contributed by atoms with Gasteiger partial charge in [0.25, 0.3) is 0 Å². The zero-order valence-electron chi connectivity index (χ0n) is 18.2. The Balaban J connectivity index is 1.92. The molecule has 0 N–H and O–H groups in total. The van der Waals surface area contributed by atoms with Crippen LogP contribution in [0.5, 0.6) is 0 Å². The van der Waals surface area contributed by atoms with Gasteiger partial charge >= 0.3 is 0 Å². The highest BCUT2D eigenvalue weighted by molar-refractivity contribution is 8.02. The lowest BCUT2D eigenvalue weighted by atomic mass is 9.93. The fraction of sp³-hybridized carbons (Fsp3) is 0.500. The summed E-state index contributed by atoms with van der Waals surface area (Å²) in [6.07, 6.45) is 11.1. The molecule has 1 aromatic rings. The van der Waals surface area contributed by atoms with Crippen LogP contribution in [0.15, 0.2) is 34.3 Å². The fourth-order valence-corrected chi connectivity index (χ4v) is 5.53. The van der Waals surface area contributed by atoms with Gasteiger partial charge in [-0.3, -0.25) is 5.01 Å². The molecule has 2 aliphatic rings. The highest BCUT2D eigenvalue weighted by Gasteiger charge is 2.39. The lowest BCUT2D eigenvalue weighted by Crippen LogP contribution is -2.36. The Morgan fingerprint density at radius 1 is 1.24 bits per heavy atom. The summed E-state index contributed by atoms with van der Waals surface area (Å²) in [6, 6.07) is 9.23. The summed E-state index contributed by atoms with van der Waals surface area (Å²) in [5, 5.41) is 9.17. The minimum Gasteiger partial charge on any atom is -0.382 e. The summed E-state index contributed by atoms with van der Waals surface area (Å²) >= 11 is 3.73. The second-order valence-corrected chi connectivity index (χ2v) is 10.1. The molecule has 0 amide bonds. The van der Waals surface area contributed by atoms with Crippen molar-refractivity contribution in [2.45, 2.75) is 49.8 Å². The first kappa shape index (κ1) is 23.0. The van der Waals surface area contributed by atoms with Gasteiger partial charge in [0.2, 0.25) is 0 Å². The van der Waals surface area contributed by atoms with E-state index >= 15 is 0 Å². The van der Waals surface area contributed by atoms with E-state index in [1.807, 2.05) is 11.8 Å².